The summed E-state index contributed by atoms with van der Waals surface area (Å²) in [6.45, 7) is 0.943. The molecule has 1 N–H and O–H groups in total. The van der Waals surface area contributed by atoms with E-state index in [0.29, 0.717) is 29.0 Å². The van der Waals surface area contributed by atoms with Crippen LogP contribution >= 0.6 is 22.6 Å². The van der Waals surface area contributed by atoms with Crippen molar-refractivity contribution in [1.29, 1.82) is 0 Å². The number of fused-ring (bicyclic) bond motifs is 1. The molecule has 1 unspecified atom stereocenters. The Hall–Kier alpha value is -2.26. The Morgan fingerprint density at radius 3 is 2.67 bits per heavy atom. The third-order valence-electron chi connectivity index (χ3n) is 4.76. The minimum Gasteiger partial charge on any atom is -0.376 e. The number of nitrogens with one attached hydrogen (secondary N) is 1. The van der Waals surface area contributed by atoms with E-state index in [2.05, 4.69) is 27.9 Å². The van der Waals surface area contributed by atoms with Crippen molar-refractivity contribution in [2.24, 2.45) is 0 Å². The predicted octanol–water partition coefficient (Wildman–Crippen LogP) is 3.32. The number of carbonyl (C=O) groups excluding carboxylic acids is 3. The Balaban J connectivity index is 1.54. The summed E-state index contributed by atoms with van der Waals surface area (Å²) in [5.74, 6) is -0.898. The number of halogens is 1. The molecule has 2 aromatic carbocycles. The number of benzene rings is 2. The summed E-state index contributed by atoms with van der Waals surface area (Å²) in [5, 5.41) is 2.80. The van der Waals surface area contributed by atoms with Crippen LogP contribution in [-0.4, -0.2) is 41.9 Å². The second-order valence-corrected chi connectivity index (χ2v) is 7.71. The van der Waals surface area contributed by atoms with Gasteiger partial charge in [0.05, 0.1) is 29.3 Å². The highest BCUT2D eigenvalue weighted by molar-refractivity contribution is 14.1. The maximum atomic E-state index is 12.7. The average molecular weight is 476 g/mol. The topological polar surface area (TPSA) is 75.7 Å². The van der Waals surface area contributed by atoms with E-state index in [9.17, 15) is 14.4 Å². The summed E-state index contributed by atoms with van der Waals surface area (Å²) in [6, 6.07) is 12.1. The van der Waals surface area contributed by atoms with Crippen LogP contribution in [0.25, 0.3) is 0 Å². The third kappa shape index (κ3) is 3.49. The molecule has 0 spiro atoms. The summed E-state index contributed by atoms with van der Waals surface area (Å²) in [7, 11) is 0. The molecular weight excluding hydrogens is 459 g/mol. The van der Waals surface area contributed by atoms with Crippen LogP contribution in [0.3, 0.4) is 0 Å². The van der Waals surface area contributed by atoms with Crippen LogP contribution in [0.5, 0.6) is 0 Å². The fourth-order valence-electron chi connectivity index (χ4n) is 3.37. The highest BCUT2D eigenvalue weighted by Crippen LogP contribution is 2.28. The van der Waals surface area contributed by atoms with E-state index < -0.39 is 0 Å². The van der Waals surface area contributed by atoms with Gasteiger partial charge in [-0.3, -0.25) is 19.3 Å². The van der Waals surface area contributed by atoms with E-state index in [1.165, 1.54) is 4.90 Å². The van der Waals surface area contributed by atoms with Crippen molar-refractivity contribution in [3.05, 3.63) is 62.7 Å². The number of carbonyl (C=O) groups is 3. The van der Waals surface area contributed by atoms with Crippen LogP contribution in [-0.2, 0) is 4.74 Å². The number of nitrogens with zero attached hydrogens (tertiary/aromatic N) is 1. The Morgan fingerprint density at radius 2 is 1.93 bits per heavy atom. The fourth-order valence-corrected chi connectivity index (χ4v) is 4.00. The van der Waals surface area contributed by atoms with Crippen molar-refractivity contribution in [2.75, 3.05) is 18.5 Å². The first kappa shape index (κ1) is 18.1. The minimum absolute atomic E-state index is 0.0912. The summed E-state index contributed by atoms with van der Waals surface area (Å²) < 4.78 is 6.38. The zero-order valence-corrected chi connectivity index (χ0v) is 16.6. The van der Waals surface area contributed by atoms with Gasteiger partial charge in [-0.25, -0.2) is 0 Å². The van der Waals surface area contributed by atoms with Gasteiger partial charge in [-0.05, 0) is 65.8 Å². The summed E-state index contributed by atoms with van der Waals surface area (Å²) in [5.41, 5.74) is 1.73. The molecule has 4 rings (SSSR count). The van der Waals surface area contributed by atoms with E-state index in [1.807, 2.05) is 12.1 Å². The number of anilines is 1. The van der Waals surface area contributed by atoms with E-state index in [-0.39, 0.29) is 30.4 Å². The SMILES string of the molecule is O=C(Nc1ccc2c(c1)C(=O)N(CC1CCCO1)C2=O)c1ccccc1I. The molecule has 0 aromatic heterocycles. The van der Waals surface area contributed by atoms with Crippen molar-refractivity contribution < 1.29 is 19.1 Å². The van der Waals surface area contributed by atoms with Gasteiger partial charge in [0.15, 0.2) is 0 Å². The van der Waals surface area contributed by atoms with Crippen LogP contribution in [0.1, 0.15) is 43.9 Å². The summed E-state index contributed by atoms with van der Waals surface area (Å²) in [6.07, 6.45) is 1.71. The highest BCUT2D eigenvalue weighted by Gasteiger charge is 2.37. The molecule has 2 aliphatic heterocycles. The van der Waals surface area contributed by atoms with Gasteiger partial charge in [-0.15, -0.1) is 0 Å². The first-order chi connectivity index (χ1) is 13.0. The maximum absolute atomic E-state index is 12.7. The van der Waals surface area contributed by atoms with Gasteiger partial charge in [-0.2, -0.15) is 0 Å². The van der Waals surface area contributed by atoms with E-state index in [4.69, 9.17) is 4.74 Å². The number of rotatable bonds is 4. The van der Waals surface area contributed by atoms with Crippen molar-refractivity contribution >= 4 is 46.0 Å². The van der Waals surface area contributed by atoms with E-state index in [1.54, 1.807) is 30.3 Å². The Kier molecular flexibility index (Phi) is 4.96. The Morgan fingerprint density at radius 1 is 1.15 bits per heavy atom. The van der Waals surface area contributed by atoms with Gasteiger partial charge in [0.1, 0.15) is 0 Å². The number of ether oxygens (including phenoxy) is 1. The molecule has 0 saturated carbocycles. The number of imide groups is 1. The molecule has 3 amide bonds. The van der Waals surface area contributed by atoms with Crippen molar-refractivity contribution in [1.82, 2.24) is 4.90 Å². The van der Waals surface area contributed by atoms with Crippen LogP contribution < -0.4 is 5.32 Å². The lowest BCUT2D eigenvalue weighted by atomic mass is 10.1. The smallest absolute Gasteiger partial charge is 0.261 e. The normalized spacial score (nSPS) is 18.7. The van der Waals surface area contributed by atoms with Gasteiger partial charge in [0.25, 0.3) is 17.7 Å². The van der Waals surface area contributed by atoms with Gasteiger partial charge in [-0.1, -0.05) is 12.1 Å². The zero-order chi connectivity index (χ0) is 19.0. The standard InChI is InChI=1S/C20H17IN2O4/c21-17-6-2-1-5-15(17)18(24)22-12-7-8-14-16(10-12)20(26)23(19(14)25)11-13-4-3-9-27-13/h1-2,5-8,10,13H,3-4,9,11H2,(H,22,24). The Bertz CT molecular complexity index is 937. The number of hydrogen-bond acceptors (Lipinski definition) is 4. The molecule has 2 aromatic rings. The molecule has 1 saturated heterocycles. The van der Waals surface area contributed by atoms with Crippen LogP contribution in [0.2, 0.25) is 0 Å². The zero-order valence-electron chi connectivity index (χ0n) is 14.4. The van der Waals surface area contributed by atoms with Crippen LogP contribution in [0.4, 0.5) is 5.69 Å². The molecule has 0 bridgehead atoms. The highest BCUT2D eigenvalue weighted by atomic mass is 127. The molecule has 0 radical (unpaired) electrons. The quantitative estimate of drug-likeness (QED) is 0.543. The van der Waals surface area contributed by atoms with E-state index >= 15 is 0 Å². The first-order valence-corrected chi connectivity index (χ1v) is 9.80. The third-order valence-corrected chi connectivity index (χ3v) is 5.70. The van der Waals surface area contributed by atoms with Crippen LogP contribution in [0.15, 0.2) is 42.5 Å². The predicted molar refractivity (Wildman–Crippen MR) is 108 cm³/mol. The molecule has 0 aliphatic carbocycles. The lowest BCUT2D eigenvalue weighted by Crippen LogP contribution is -2.36. The fraction of sp³-hybridized carbons (Fsp3) is 0.250. The number of hydrogen-bond donors (Lipinski definition) is 1. The molecular formula is C20H17IN2O4. The van der Waals surface area contributed by atoms with Crippen molar-refractivity contribution in [2.45, 2.75) is 18.9 Å². The van der Waals surface area contributed by atoms with Crippen LogP contribution in [0, 0.1) is 3.57 Å². The second kappa shape index (κ2) is 7.40. The molecule has 7 heteroatoms. The molecule has 1 fully saturated rings. The second-order valence-electron chi connectivity index (χ2n) is 6.55. The largest absolute Gasteiger partial charge is 0.376 e. The average Bonchev–Trinajstić information content (AvgIpc) is 3.25. The molecule has 138 valence electrons. The summed E-state index contributed by atoms with van der Waals surface area (Å²) in [4.78, 5) is 39.0. The molecule has 1 atom stereocenters. The van der Waals surface area contributed by atoms with Crippen molar-refractivity contribution in [3.8, 4) is 0 Å². The van der Waals surface area contributed by atoms with Gasteiger partial charge in [0, 0.05) is 15.9 Å². The minimum atomic E-state index is -0.337. The Labute approximate surface area is 170 Å². The van der Waals surface area contributed by atoms with Gasteiger partial charge >= 0.3 is 0 Å². The molecule has 2 aliphatic rings. The van der Waals surface area contributed by atoms with Crippen molar-refractivity contribution in [3.63, 3.8) is 0 Å². The molecule has 6 nitrogen and oxygen atoms in total. The molecule has 27 heavy (non-hydrogen) atoms. The first-order valence-electron chi connectivity index (χ1n) is 8.72. The lowest BCUT2D eigenvalue weighted by Gasteiger charge is -2.17. The van der Waals surface area contributed by atoms with Gasteiger partial charge < -0.3 is 10.1 Å². The lowest BCUT2D eigenvalue weighted by molar-refractivity contribution is 0.0475. The molecule has 2 heterocycles. The monoisotopic (exact) mass is 476 g/mol. The number of amides is 3. The maximum Gasteiger partial charge on any atom is 0.261 e. The van der Waals surface area contributed by atoms with Gasteiger partial charge in [0.2, 0.25) is 0 Å². The summed E-state index contributed by atoms with van der Waals surface area (Å²) >= 11 is 2.10. The van der Waals surface area contributed by atoms with E-state index in [0.717, 1.165) is 16.4 Å².